The van der Waals surface area contributed by atoms with Crippen LogP contribution >= 0.6 is 0 Å². The van der Waals surface area contributed by atoms with Crippen LogP contribution in [0.2, 0.25) is 0 Å². The summed E-state index contributed by atoms with van der Waals surface area (Å²) in [6, 6.07) is 14.4. The van der Waals surface area contributed by atoms with E-state index in [1.165, 1.54) is 12.3 Å². The lowest BCUT2D eigenvalue weighted by Gasteiger charge is -2.31. The minimum Gasteiger partial charge on any atom is -0.490 e. The molecule has 0 radical (unpaired) electrons. The zero-order valence-corrected chi connectivity index (χ0v) is 16.1. The monoisotopic (exact) mass is 385 g/mol. The maximum atomic E-state index is 12.1. The summed E-state index contributed by atoms with van der Waals surface area (Å²) in [6.45, 7) is 4.81. The fourth-order valence-corrected chi connectivity index (χ4v) is 4.19. The molecule has 0 bridgehead atoms. The summed E-state index contributed by atoms with van der Waals surface area (Å²) in [6.07, 6.45) is 4.08. The topological polar surface area (TPSA) is 63.7 Å². The van der Waals surface area contributed by atoms with Crippen LogP contribution in [-0.4, -0.2) is 44.7 Å². The zero-order chi connectivity index (χ0) is 19.4. The van der Waals surface area contributed by atoms with Crippen molar-refractivity contribution in [3.05, 3.63) is 61.2 Å². The molecule has 1 aliphatic rings. The van der Waals surface area contributed by atoms with E-state index in [-0.39, 0.29) is 12.0 Å². The Kier molecular flexibility index (Phi) is 5.65. The third kappa shape index (κ3) is 4.57. The van der Waals surface area contributed by atoms with Crippen molar-refractivity contribution in [1.82, 2.24) is 4.90 Å². The molecule has 1 amide bonds. The molecule has 5 nitrogen and oxygen atoms in total. The summed E-state index contributed by atoms with van der Waals surface area (Å²) >= 11 is 0. The predicted octanol–water partition coefficient (Wildman–Crippen LogP) is 3.31. The Morgan fingerprint density at radius 1 is 1.15 bits per heavy atom. The second-order valence-corrected chi connectivity index (χ2v) is 8.63. The number of hydrogen-bond donors (Lipinski definition) is 0. The minimum atomic E-state index is -3.32. The van der Waals surface area contributed by atoms with Crippen LogP contribution in [0.1, 0.15) is 12.8 Å². The van der Waals surface area contributed by atoms with E-state index in [4.69, 9.17) is 4.74 Å². The van der Waals surface area contributed by atoms with Gasteiger partial charge in [-0.2, -0.15) is 0 Å². The van der Waals surface area contributed by atoms with Crippen LogP contribution in [0, 0.1) is 0 Å². The SMILES string of the molecule is C=CC(=O)N1CCC(Oc2cccc(-c3ccccc3S(C)(=O)=O)c2)CC1. The molecule has 0 spiro atoms. The van der Waals surface area contributed by atoms with Gasteiger partial charge in [0.25, 0.3) is 0 Å². The number of carbonyl (C=O) groups excluding carboxylic acids is 1. The Balaban J connectivity index is 1.76. The Morgan fingerprint density at radius 3 is 2.52 bits per heavy atom. The van der Waals surface area contributed by atoms with Crippen molar-refractivity contribution in [2.75, 3.05) is 19.3 Å². The maximum Gasteiger partial charge on any atom is 0.245 e. The average Bonchev–Trinajstić information content (AvgIpc) is 2.67. The number of amides is 1. The summed E-state index contributed by atoms with van der Waals surface area (Å²) in [4.78, 5) is 13.7. The summed E-state index contributed by atoms with van der Waals surface area (Å²) in [5, 5.41) is 0. The normalized spacial score (nSPS) is 15.4. The second-order valence-electron chi connectivity index (χ2n) is 6.64. The largest absolute Gasteiger partial charge is 0.490 e. The number of sulfone groups is 1. The van der Waals surface area contributed by atoms with E-state index < -0.39 is 9.84 Å². The highest BCUT2D eigenvalue weighted by molar-refractivity contribution is 7.90. The maximum absolute atomic E-state index is 12.1. The highest BCUT2D eigenvalue weighted by Gasteiger charge is 2.23. The first-order chi connectivity index (χ1) is 12.9. The number of rotatable bonds is 5. The molecular weight excluding hydrogens is 362 g/mol. The second kappa shape index (κ2) is 7.96. The molecule has 2 aromatic carbocycles. The Hall–Kier alpha value is -2.60. The molecule has 0 unspecified atom stereocenters. The average molecular weight is 385 g/mol. The van der Waals surface area contributed by atoms with Crippen LogP contribution in [-0.2, 0) is 14.6 Å². The van der Waals surface area contributed by atoms with Crippen LogP contribution in [0.4, 0.5) is 0 Å². The van der Waals surface area contributed by atoms with Gasteiger partial charge < -0.3 is 9.64 Å². The molecule has 2 aromatic rings. The Labute approximate surface area is 160 Å². The number of hydrogen-bond acceptors (Lipinski definition) is 4. The van der Waals surface area contributed by atoms with Crippen molar-refractivity contribution >= 4 is 15.7 Å². The third-order valence-corrected chi connectivity index (χ3v) is 5.82. The molecule has 0 saturated carbocycles. The number of benzene rings is 2. The van der Waals surface area contributed by atoms with E-state index in [2.05, 4.69) is 6.58 Å². The summed E-state index contributed by atoms with van der Waals surface area (Å²) < 4.78 is 30.2. The van der Waals surface area contributed by atoms with Crippen LogP contribution in [0.3, 0.4) is 0 Å². The molecule has 1 saturated heterocycles. The standard InChI is InChI=1S/C21H23NO4S/c1-3-21(23)22-13-11-17(12-14-22)26-18-8-6-7-16(15-18)19-9-4-5-10-20(19)27(2,24)25/h3-10,15,17H,1,11-14H2,2H3. The molecule has 142 valence electrons. The first-order valence-corrected chi connectivity index (χ1v) is 10.7. The molecular formula is C21H23NO4S. The molecule has 1 fully saturated rings. The van der Waals surface area contributed by atoms with Gasteiger partial charge in [0.05, 0.1) is 4.90 Å². The van der Waals surface area contributed by atoms with Gasteiger partial charge in [-0.05, 0) is 29.8 Å². The first-order valence-electron chi connectivity index (χ1n) is 8.86. The smallest absolute Gasteiger partial charge is 0.245 e. The Bertz CT molecular complexity index is 944. The van der Waals surface area contributed by atoms with Gasteiger partial charge in [-0.25, -0.2) is 8.42 Å². The highest BCUT2D eigenvalue weighted by Crippen LogP contribution is 2.30. The van der Waals surface area contributed by atoms with Crippen molar-refractivity contribution in [2.45, 2.75) is 23.8 Å². The van der Waals surface area contributed by atoms with Gasteiger partial charge in [0.15, 0.2) is 9.84 Å². The van der Waals surface area contributed by atoms with Crippen molar-refractivity contribution in [3.8, 4) is 16.9 Å². The molecule has 6 heteroatoms. The van der Waals surface area contributed by atoms with Gasteiger partial charge in [-0.3, -0.25) is 4.79 Å². The number of likely N-dealkylation sites (tertiary alicyclic amines) is 1. The van der Waals surface area contributed by atoms with Crippen molar-refractivity contribution in [3.63, 3.8) is 0 Å². The van der Waals surface area contributed by atoms with Crippen LogP contribution in [0.25, 0.3) is 11.1 Å². The molecule has 0 N–H and O–H groups in total. The van der Waals surface area contributed by atoms with Crippen LogP contribution in [0.5, 0.6) is 5.75 Å². The number of ether oxygens (including phenoxy) is 1. The first kappa shape index (κ1) is 19.2. The fraction of sp³-hybridized carbons (Fsp3) is 0.286. The lowest BCUT2D eigenvalue weighted by molar-refractivity contribution is -0.127. The van der Waals surface area contributed by atoms with Crippen molar-refractivity contribution in [1.29, 1.82) is 0 Å². The molecule has 1 heterocycles. The van der Waals surface area contributed by atoms with Crippen LogP contribution < -0.4 is 4.74 Å². The van der Waals surface area contributed by atoms with Gasteiger partial charge in [0, 0.05) is 37.8 Å². The van der Waals surface area contributed by atoms with Gasteiger partial charge in [0.2, 0.25) is 5.91 Å². The lowest BCUT2D eigenvalue weighted by Crippen LogP contribution is -2.41. The van der Waals surface area contributed by atoms with Gasteiger partial charge in [0.1, 0.15) is 11.9 Å². The molecule has 27 heavy (non-hydrogen) atoms. The zero-order valence-electron chi connectivity index (χ0n) is 15.3. The fourth-order valence-electron chi connectivity index (χ4n) is 3.28. The predicted molar refractivity (Wildman–Crippen MR) is 105 cm³/mol. The Morgan fingerprint density at radius 2 is 1.85 bits per heavy atom. The molecule has 3 rings (SSSR count). The molecule has 1 aliphatic heterocycles. The highest BCUT2D eigenvalue weighted by atomic mass is 32.2. The van der Waals surface area contributed by atoms with Gasteiger partial charge >= 0.3 is 0 Å². The molecule has 0 atom stereocenters. The van der Waals surface area contributed by atoms with Gasteiger partial charge in [-0.15, -0.1) is 0 Å². The number of carbonyl (C=O) groups is 1. The molecule has 0 aromatic heterocycles. The molecule has 0 aliphatic carbocycles. The number of nitrogens with zero attached hydrogens (tertiary/aromatic N) is 1. The number of piperidine rings is 1. The van der Waals surface area contributed by atoms with E-state index in [1.807, 2.05) is 30.3 Å². The summed E-state index contributed by atoms with van der Waals surface area (Å²) in [5.74, 6) is 0.650. The van der Waals surface area contributed by atoms with Crippen molar-refractivity contribution < 1.29 is 17.9 Å². The van der Waals surface area contributed by atoms with E-state index in [1.54, 1.807) is 23.1 Å². The third-order valence-electron chi connectivity index (χ3n) is 4.66. The van der Waals surface area contributed by atoms with E-state index in [0.717, 1.165) is 18.4 Å². The van der Waals surface area contributed by atoms with Crippen LogP contribution in [0.15, 0.2) is 66.1 Å². The summed E-state index contributed by atoms with van der Waals surface area (Å²) in [7, 11) is -3.32. The van der Waals surface area contributed by atoms with E-state index in [9.17, 15) is 13.2 Å². The quantitative estimate of drug-likeness (QED) is 0.741. The van der Waals surface area contributed by atoms with E-state index in [0.29, 0.717) is 29.3 Å². The minimum absolute atomic E-state index is 0.0271. The van der Waals surface area contributed by atoms with Crippen molar-refractivity contribution in [2.24, 2.45) is 0 Å². The van der Waals surface area contributed by atoms with Gasteiger partial charge in [-0.1, -0.05) is 36.9 Å². The van der Waals surface area contributed by atoms with E-state index >= 15 is 0 Å². The summed E-state index contributed by atoms with van der Waals surface area (Å²) in [5.41, 5.74) is 1.46. The lowest BCUT2D eigenvalue weighted by atomic mass is 10.0.